The Hall–Kier alpha value is -0.350. The van der Waals surface area contributed by atoms with Crippen LogP contribution in [-0.2, 0) is 13.0 Å². The fourth-order valence-electron chi connectivity index (χ4n) is 3.60. The van der Waals surface area contributed by atoms with Crippen LogP contribution >= 0.6 is 15.9 Å². The molecule has 1 N–H and O–H groups in total. The average molecular weight is 356 g/mol. The second-order valence-corrected chi connectivity index (χ2v) is 7.24. The molecule has 0 saturated heterocycles. The lowest BCUT2D eigenvalue weighted by Gasteiger charge is -2.23. The van der Waals surface area contributed by atoms with Crippen molar-refractivity contribution in [3.8, 4) is 0 Å². The third-order valence-electron chi connectivity index (χ3n) is 4.89. The fourth-order valence-corrected chi connectivity index (χ4v) is 4.05. The van der Waals surface area contributed by atoms with Crippen molar-refractivity contribution >= 4 is 15.9 Å². The molecule has 2 rings (SSSR count). The first-order valence-corrected chi connectivity index (χ1v) is 9.34. The van der Waals surface area contributed by atoms with Crippen molar-refractivity contribution < 1.29 is 0 Å². The van der Waals surface area contributed by atoms with Crippen LogP contribution in [0.15, 0.2) is 4.47 Å². The van der Waals surface area contributed by atoms with E-state index < -0.39 is 0 Å². The maximum absolute atomic E-state index is 4.62. The Bertz CT molecular complexity index is 433. The summed E-state index contributed by atoms with van der Waals surface area (Å²) in [6, 6.07) is 0.561. The van der Waals surface area contributed by atoms with Crippen LogP contribution in [0.4, 0.5) is 0 Å². The molecule has 1 aromatic rings. The molecule has 1 unspecified atom stereocenters. The highest BCUT2D eigenvalue weighted by atomic mass is 79.9. The van der Waals surface area contributed by atoms with Crippen molar-refractivity contribution in [2.75, 3.05) is 7.05 Å². The van der Waals surface area contributed by atoms with Crippen molar-refractivity contribution in [2.45, 2.75) is 77.8 Å². The number of halogens is 1. The summed E-state index contributed by atoms with van der Waals surface area (Å²) in [5, 5.41) is 8.16. The molecule has 0 spiro atoms. The number of nitrogens with one attached hydrogen (secondary N) is 1. The summed E-state index contributed by atoms with van der Waals surface area (Å²) in [6.45, 7) is 5.20. The zero-order valence-electron chi connectivity index (χ0n) is 13.8. The van der Waals surface area contributed by atoms with Gasteiger partial charge in [0.15, 0.2) is 0 Å². The van der Waals surface area contributed by atoms with Gasteiger partial charge in [0.2, 0.25) is 0 Å². The standard InChI is InChI=1S/C17H30BrN3/c1-4-21-16(17(18)13(2)20-21)12-15(19-3)11-14-9-7-5-6-8-10-14/h14-15,19H,4-12H2,1-3H3. The van der Waals surface area contributed by atoms with Crippen molar-refractivity contribution in [3.63, 3.8) is 0 Å². The van der Waals surface area contributed by atoms with Crippen LogP contribution < -0.4 is 5.32 Å². The molecule has 21 heavy (non-hydrogen) atoms. The summed E-state index contributed by atoms with van der Waals surface area (Å²) in [4.78, 5) is 0. The summed E-state index contributed by atoms with van der Waals surface area (Å²) >= 11 is 3.73. The molecule has 120 valence electrons. The highest BCUT2D eigenvalue weighted by Gasteiger charge is 2.21. The van der Waals surface area contributed by atoms with E-state index in [1.54, 1.807) is 0 Å². The van der Waals surface area contributed by atoms with E-state index in [1.165, 1.54) is 55.1 Å². The lowest BCUT2D eigenvalue weighted by molar-refractivity contribution is 0.356. The predicted octanol–water partition coefficient (Wildman–Crippen LogP) is 4.46. The molecule has 4 heteroatoms. The SMILES string of the molecule is CCn1nc(C)c(Br)c1CC(CC1CCCCCC1)NC. The van der Waals surface area contributed by atoms with Crippen LogP contribution in [0.3, 0.4) is 0 Å². The molecule has 1 aromatic heterocycles. The second-order valence-electron chi connectivity index (χ2n) is 6.44. The molecular formula is C17H30BrN3. The summed E-state index contributed by atoms with van der Waals surface area (Å²) in [7, 11) is 2.11. The van der Waals surface area contributed by atoms with Gasteiger partial charge in [-0.2, -0.15) is 5.10 Å². The van der Waals surface area contributed by atoms with Crippen LogP contribution in [0.25, 0.3) is 0 Å². The molecule has 0 radical (unpaired) electrons. The molecular weight excluding hydrogens is 326 g/mol. The lowest BCUT2D eigenvalue weighted by Crippen LogP contribution is -2.31. The predicted molar refractivity (Wildman–Crippen MR) is 92.7 cm³/mol. The Labute approximate surface area is 138 Å². The van der Waals surface area contributed by atoms with E-state index in [2.05, 4.69) is 51.9 Å². The largest absolute Gasteiger partial charge is 0.317 e. The van der Waals surface area contributed by atoms with Gasteiger partial charge in [-0.25, -0.2) is 0 Å². The van der Waals surface area contributed by atoms with E-state index in [1.807, 2.05) is 0 Å². The molecule has 0 aliphatic heterocycles. The first-order valence-electron chi connectivity index (χ1n) is 8.54. The van der Waals surface area contributed by atoms with Gasteiger partial charge in [-0.3, -0.25) is 4.68 Å². The smallest absolute Gasteiger partial charge is 0.0738 e. The van der Waals surface area contributed by atoms with Crippen molar-refractivity contribution in [1.82, 2.24) is 15.1 Å². The Morgan fingerprint density at radius 3 is 2.52 bits per heavy atom. The summed E-state index contributed by atoms with van der Waals surface area (Å²) in [5.41, 5.74) is 2.46. The quantitative estimate of drug-likeness (QED) is 0.763. The van der Waals surface area contributed by atoms with Gasteiger partial charge in [-0.15, -0.1) is 0 Å². The minimum absolute atomic E-state index is 0.561. The third kappa shape index (κ3) is 4.56. The van der Waals surface area contributed by atoms with Crippen LogP contribution in [0.1, 0.15) is 63.3 Å². The maximum Gasteiger partial charge on any atom is 0.0738 e. The number of rotatable bonds is 6. The Morgan fingerprint density at radius 2 is 1.95 bits per heavy atom. The molecule has 3 nitrogen and oxygen atoms in total. The highest BCUT2D eigenvalue weighted by molar-refractivity contribution is 9.10. The molecule has 1 aliphatic carbocycles. The normalized spacial score (nSPS) is 18.7. The number of hydrogen-bond donors (Lipinski definition) is 1. The van der Waals surface area contributed by atoms with Crippen LogP contribution in [0.5, 0.6) is 0 Å². The van der Waals surface area contributed by atoms with Gasteiger partial charge >= 0.3 is 0 Å². The van der Waals surface area contributed by atoms with Gasteiger partial charge in [0.25, 0.3) is 0 Å². The van der Waals surface area contributed by atoms with Crippen molar-refractivity contribution in [3.05, 3.63) is 15.9 Å². The van der Waals surface area contributed by atoms with E-state index >= 15 is 0 Å². The molecule has 1 saturated carbocycles. The van der Waals surface area contributed by atoms with E-state index in [0.717, 1.165) is 24.6 Å². The zero-order chi connectivity index (χ0) is 15.2. The number of likely N-dealkylation sites (N-methyl/N-ethyl adjacent to an activating group) is 1. The van der Waals surface area contributed by atoms with Crippen LogP contribution in [-0.4, -0.2) is 22.9 Å². The summed E-state index contributed by atoms with van der Waals surface area (Å²) < 4.78 is 3.35. The molecule has 1 aliphatic rings. The maximum atomic E-state index is 4.62. The third-order valence-corrected chi connectivity index (χ3v) is 5.92. The minimum atomic E-state index is 0.561. The van der Waals surface area contributed by atoms with Crippen LogP contribution in [0, 0.1) is 12.8 Å². The number of hydrogen-bond acceptors (Lipinski definition) is 2. The highest BCUT2D eigenvalue weighted by Crippen LogP contribution is 2.28. The van der Waals surface area contributed by atoms with E-state index in [9.17, 15) is 0 Å². The molecule has 0 amide bonds. The molecule has 0 aromatic carbocycles. The van der Waals surface area contributed by atoms with E-state index in [-0.39, 0.29) is 0 Å². The Morgan fingerprint density at radius 1 is 1.29 bits per heavy atom. The van der Waals surface area contributed by atoms with E-state index in [0.29, 0.717) is 6.04 Å². The van der Waals surface area contributed by atoms with Gasteiger partial charge in [-0.1, -0.05) is 38.5 Å². The fraction of sp³-hybridized carbons (Fsp3) is 0.824. The molecule has 1 atom stereocenters. The number of nitrogens with zero attached hydrogens (tertiary/aromatic N) is 2. The lowest BCUT2D eigenvalue weighted by atomic mass is 9.91. The molecule has 1 heterocycles. The number of aryl methyl sites for hydroxylation is 2. The van der Waals surface area contributed by atoms with Crippen LogP contribution in [0.2, 0.25) is 0 Å². The Kier molecular flexibility index (Phi) is 6.74. The van der Waals surface area contributed by atoms with Gasteiger partial charge < -0.3 is 5.32 Å². The number of aromatic nitrogens is 2. The zero-order valence-corrected chi connectivity index (χ0v) is 15.4. The Balaban J connectivity index is 2.01. The monoisotopic (exact) mass is 355 g/mol. The van der Waals surface area contributed by atoms with E-state index in [4.69, 9.17) is 0 Å². The minimum Gasteiger partial charge on any atom is -0.317 e. The summed E-state index contributed by atoms with van der Waals surface area (Å²) in [6.07, 6.45) is 11.0. The second kappa shape index (κ2) is 8.33. The van der Waals surface area contributed by atoms with Crippen molar-refractivity contribution in [2.24, 2.45) is 5.92 Å². The van der Waals surface area contributed by atoms with Gasteiger partial charge in [0, 0.05) is 19.0 Å². The first-order chi connectivity index (χ1) is 10.2. The average Bonchev–Trinajstić information content (AvgIpc) is 2.68. The summed E-state index contributed by atoms with van der Waals surface area (Å²) in [5.74, 6) is 0.905. The molecule has 0 bridgehead atoms. The molecule has 1 fully saturated rings. The van der Waals surface area contributed by atoms with Crippen molar-refractivity contribution in [1.29, 1.82) is 0 Å². The topological polar surface area (TPSA) is 29.9 Å². The van der Waals surface area contributed by atoms with Gasteiger partial charge in [0.05, 0.1) is 15.9 Å². The van der Waals surface area contributed by atoms with Gasteiger partial charge in [0.1, 0.15) is 0 Å². The van der Waals surface area contributed by atoms with Gasteiger partial charge in [-0.05, 0) is 49.2 Å². The first kappa shape index (κ1) is 17.0.